The van der Waals surface area contributed by atoms with E-state index in [2.05, 4.69) is 17.2 Å². The van der Waals surface area contributed by atoms with E-state index in [1.54, 1.807) is 18.2 Å². The van der Waals surface area contributed by atoms with Gasteiger partial charge in [0.15, 0.2) is 5.11 Å². The lowest BCUT2D eigenvalue weighted by atomic mass is 10.1. The first-order valence-electron chi connectivity index (χ1n) is 4.90. The van der Waals surface area contributed by atoms with Gasteiger partial charge in [-0.2, -0.15) is 0 Å². The molecule has 0 unspecified atom stereocenters. The van der Waals surface area contributed by atoms with Gasteiger partial charge in [-0.1, -0.05) is 23.8 Å². The van der Waals surface area contributed by atoms with E-state index in [0.29, 0.717) is 17.2 Å². The molecule has 0 saturated heterocycles. The predicted molar refractivity (Wildman–Crippen MR) is 69.4 cm³/mol. The van der Waals surface area contributed by atoms with Crippen LogP contribution in [0, 0.1) is 6.92 Å². The van der Waals surface area contributed by atoms with Gasteiger partial charge in [-0.15, -0.1) is 6.58 Å². The van der Waals surface area contributed by atoms with Gasteiger partial charge in [0, 0.05) is 12.1 Å². The molecule has 0 aromatic heterocycles. The van der Waals surface area contributed by atoms with Crippen LogP contribution < -0.4 is 10.6 Å². The van der Waals surface area contributed by atoms with Gasteiger partial charge < -0.3 is 5.32 Å². The topological polar surface area (TPSA) is 41.1 Å². The Balaban J connectivity index is 2.55. The monoisotopic (exact) mass is 234 g/mol. The molecular formula is C12H14N2OS. The Labute approximate surface area is 101 Å². The van der Waals surface area contributed by atoms with Gasteiger partial charge in [-0.05, 0) is 31.3 Å². The molecule has 0 heterocycles. The smallest absolute Gasteiger partial charge is 0.257 e. The summed E-state index contributed by atoms with van der Waals surface area (Å²) in [6.45, 7) is 6.05. The molecule has 1 amide bonds. The molecule has 0 spiro atoms. The van der Waals surface area contributed by atoms with Crippen molar-refractivity contribution in [3.05, 3.63) is 48.0 Å². The minimum atomic E-state index is -0.207. The Bertz CT molecular complexity index is 398. The van der Waals surface area contributed by atoms with E-state index in [4.69, 9.17) is 12.2 Å². The molecule has 84 valence electrons. The summed E-state index contributed by atoms with van der Waals surface area (Å²) in [6.07, 6.45) is 1.67. The lowest BCUT2D eigenvalue weighted by Crippen LogP contribution is -2.39. The second-order valence-corrected chi connectivity index (χ2v) is 3.73. The largest absolute Gasteiger partial charge is 0.359 e. The molecule has 1 rings (SSSR count). The summed E-state index contributed by atoms with van der Waals surface area (Å²) < 4.78 is 0. The number of rotatable bonds is 3. The second kappa shape index (κ2) is 6.02. The van der Waals surface area contributed by atoms with Crippen LogP contribution >= 0.6 is 12.2 Å². The van der Waals surface area contributed by atoms with Crippen LogP contribution in [0.25, 0.3) is 0 Å². The Kier molecular flexibility index (Phi) is 4.66. The third-order valence-corrected chi connectivity index (χ3v) is 2.19. The molecule has 1 aromatic carbocycles. The SMILES string of the molecule is C=CCNC(=S)NC(=O)c1ccc(C)cc1. The summed E-state index contributed by atoms with van der Waals surface area (Å²) in [4.78, 5) is 11.7. The van der Waals surface area contributed by atoms with Gasteiger partial charge >= 0.3 is 0 Å². The summed E-state index contributed by atoms with van der Waals surface area (Å²) in [5.74, 6) is -0.207. The maximum atomic E-state index is 11.7. The Morgan fingerprint density at radius 3 is 2.62 bits per heavy atom. The van der Waals surface area contributed by atoms with Crippen LogP contribution in [-0.2, 0) is 0 Å². The summed E-state index contributed by atoms with van der Waals surface area (Å²) in [5, 5.41) is 5.72. The van der Waals surface area contributed by atoms with E-state index in [0.717, 1.165) is 5.56 Å². The lowest BCUT2D eigenvalue weighted by molar-refractivity contribution is 0.0977. The van der Waals surface area contributed by atoms with Gasteiger partial charge in [0.05, 0.1) is 0 Å². The van der Waals surface area contributed by atoms with Crippen molar-refractivity contribution in [2.24, 2.45) is 0 Å². The Morgan fingerprint density at radius 2 is 2.06 bits per heavy atom. The molecule has 16 heavy (non-hydrogen) atoms. The highest BCUT2D eigenvalue weighted by Crippen LogP contribution is 2.02. The van der Waals surface area contributed by atoms with E-state index >= 15 is 0 Å². The molecule has 3 nitrogen and oxygen atoms in total. The molecule has 0 fully saturated rings. The molecule has 2 N–H and O–H groups in total. The van der Waals surface area contributed by atoms with E-state index in [9.17, 15) is 4.79 Å². The number of aryl methyl sites for hydroxylation is 1. The second-order valence-electron chi connectivity index (χ2n) is 3.32. The molecule has 1 aromatic rings. The number of carbonyl (C=O) groups is 1. The van der Waals surface area contributed by atoms with Crippen LogP contribution in [0.2, 0.25) is 0 Å². The zero-order valence-corrected chi connectivity index (χ0v) is 9.93. The van der Waals surface area contributed by atoms with E-state index < -0.39 is 0 Å². The molecule has 0 bridgehead atoms. The highest BCUT2D eigenvalue weighted by atomic mass is 32.1. The molecule has 0 saturated carbocycles. The zero-order valence-electron chi connectivity index (χ0n) is 9.12. The van der Waals surface area contributed by atoms with Crippen molar-refractivity contribution in [3.63, 3.8) is 0 Å². The average molecular weight is 234 g/mol. The number of thiocarbonyl (C=S) groups is 1. The van der Waals surface area contributed by atoms with Crippen LogP contribution in [0.5, 0.6) is 0 Å². The quantitative estimate of drug-likeness (QED) is 0.619. The fraction of sp³-hybridized carbons (Fsp3) is 0.167. The molecule has 0 aliphatic heterocycles. The van der Waals surface area contributed by atoms with Crippen molar-refractivity contribution >= 4 is 23.2 Å². The van der Waals surface area contributed by atoms with Crippen molar-refractivity contribution < 1.29 is 4.79 Å². The predicted octanol–water partition coefficient (Wildman–Crippen LogP) is 1.79. The maximum Gasteiger partial charge on any atom is 0.257 e. The fourth-order valence-corrected chi connectivity index (χ4v) is 1.27. The third kappa shape index (κ3) is 3.82. The minimum absolute atomic E-state index is 0.207. The highest BCUT2D eigenvalue weighted by Gasteiger charge is 2.06. The molecule has 0 radical (unpaired) electrons. The van der Waals surface area contributed by atoms with Gasteiger partial charge in [-0.25, -0.2) is 0 Å². The highest BCUT2D eigenvalue weighted by molar-refractivity contribution is 7.80. The van der Waals surface area contributed by atoms with Crippen molar-refractivity contribution in [1.82, 2.24) is 10.6 Å². The number of carbonyl (C=O) groups excluding carboxylic acids is 1. The lowest BCUT2D eigenvalue weighted by Gasteiger charge is -2.07. The Hall–Kier alpha value is -1.68. The fourth-order valence-electron chi connectivity index (χ4n) is 1.09. The first-order valence-corrected chi connectivity index (χ1v) is 5.31. The summed E-state index contributed by atoms with van der Waals surface area (Å²) >= 11 is 4.93. The van der Waals surface area contributed by atoms with Gasteiger partial charge in [0.1, 0.15) is 0 Å². The number of amides is 1. The summed E-state index contributed by atoms with van der Waals surface area (Å²) in [7, 11) is 0. The number of hydrogen-bond acceptors (Lipinski definition) is 2. The third-order valence-electron chi connectivity index (χ3n) is 1.95. The summed E-state index contributed by atoms with van der Waals surface area (Å²) in [5.41, 5.74) is 1.71. The standard InChI is InChI=1S/C12H14N2OS/c1-3-8-13-12(16)14-11(15)10-6-4-9(2)5-7-10/h3-7H,1,8H2,2H3,(H2,13,14,15,16). The average Bonchev–Trinajstić information content (AvgIpc) is 2.27. The van der Waals surface area contributed by atoms with Crippen molar-refractivity contribution in [1.29, 1.82) is 0 Å². The van der Waals surface area contributed by atoms with E-state index in [1.165, 1.54) is 0 Å². The van der Waals surface area contributed by atoms with Gasteiger partial charge in [0.25, 0.3) is 5.91 Å². The van der Waals surface area contributed by atoms with Crippen LogP contribution in [0.4, 0.5) is 0 Å². The summed E-state index contributed by atoms with van der Waals surface area (Å²) in [6, 6.07) is 7.30. The van der Waals surface area contributed by atoms with Crippen molar-refractivity contribution in [3.8, 4) is 0 Å². The van der Waals surface area contributed by atoms with Gasteiger partial charge in [-0.3, -0.25) is 10.1 Å². The van der Waals surface area contributed by atoms with Crippen molar-refractivity contribution in [2.75, 3.05) is 6.54 Å². The number of hydrogen-bond donors (Lipinski definition) is 2. The van der Waals surface area contributed by atoms with Crippen LogP contribution in [0.15, 0.2) is 36.9 Å². The first kappa shape index (κ1) is 12.4. The van der Waals surface area contributed by atoms with Crippen molar-refractivity contribution in [2.45, 2.75) is 6.92 Å². The number of benzene rings is 1. The molecular weight excluding hydrogens is 220 g/mol. The van der Waals surface area contributed by atoms with Crippen LogP contribution in [0.1, 0.15) is 15.9 Å². The Morgan fingerprint density at radius 1 is 1.44 bits per heavy atom. The molecule has 0 aliphatic rings. The van der Waals surface area contributed by atoms with Gasteiger partial charge in [0.2, 0.25) is 0 Å². The molecule has 0 atom stereocenters. The zero-order chi connectivity index (χ0) is 12.0. The number of nitrogens with one attached hydrogen (secondary N) is 2. The first-order chi connectivity index (χ1) is 7.63. The van der Waals surface area contributed by atoms with E-state index in [-0.39, 0.29) is 5.91 Å². The normalized spacial score (nSPS) is 9.31. The maximum absolute atomic E-state index is 11.7. The molecule has 4 heteroatoms. The van der Waals surface area contributed by atoms with Crippen LogP contribution in [0.3, 0.4) is 0 Å². The minimum Gasteiger partial charge on any atom is -0.359 e. The van der Waals surface area contributed by atoms with Crippen LogP contribution in [-0.4, -0.2) is 17.6 Å². The molecule has 0 aliphatic carbocycles. The van der Waals surface area contributed by atoms with E-state index in [1.807, 2.05) is 19.1 Å².